The van der Waals surface area contributed by atoms with Gasteiger partial charge in [0.05, 0.1) is 11.7 Å². The van der Waals surface area contributed by atoms with Gasteiger partial charge in [-0.15, -0.1) is 0 Å². The lowest BCUT2D eigenvalue weighted by Gasteiger charge is -2.36. The van der Waals surface area contributed by atoms with Crippen LogP contribution >= 0.6 is 0 Å². The molecule has 0 aromatic carbocycles. The fourth-order valence-electron chi connectivity index (χ4n) is 2.16. The maximum absolute atomic E-state index is 11.1. The minimum absolute atomic E-state index is 0.522. The van der Waals surface area contributed by atoms with Gasteiger partial charge < -0.3 is 14.6 Å². The van der Waals surface area contributed by atoms with Crippen molar-refractivity contribution in [1.29, 1.82) is 0 Å². The van der Waals surface area contributed by atoms with Crippen molar-refractivity contribution in [3.05, 3.63) is 18.7 Å². The number of piperidine rings is 1. The van der Waals surface area contributed by atoms with E-state index in [1.54, 1.807) is 6.20 Å². The normalized spacial score (nSPS) is 20.3. The van der Waals surface area contributed by atoms with E-state index in [4.69, 9.17) is 5.11 Å². The molecule has 0 amide bonds. The van der Waals surface area contributed by atoms with E-state index in [1.165, 1.54) is 0 Å². The average Bonchev–Trinajstić information content (AvgIpc) is 2.81. The molecule has 17 heavy (non-hydrogen) atoms. The van der Waals surface area contributed by atoms with E-state index in [9.17, 15) is 4.79 Å². The fraction of sp³-hybridized carbons (Fsp3) is 0.667. The van der Waals surface area contributed by atoms with E-state index in [0.717, 1.165) is 39.0 Å². The molecule has 2 heterocycles. The summed E-state index contributed by atoms with van der Waals surface area (Å²) in [4.78, 5) is 17.4. The van der Waals surface area contributed by atoms with E-state index in [0.29, 0.717) is 0 Å². The molecule has 1 aliphatic heterocycles. The summed E-state index contributed by atoms with van der Waals surface area (Å²) in [7, 11) is 0. The van der Waals surface area contributed by atoms with Gasteiger partial charge in [0, 0.05) is 25.5 Å². The number of rotatable bonds is 4. The summed E-state index contributed by atoms with van der Waals surface area (Å²) in [5.74, 6) is -0.660. The molecule has 94 valence electrons. The second-order valence-electron chi connectivity index (χ2n) is 5.01. The smallest absolute Gasteiger partial charge is 0.309 e. The number of carboxylic acid groups (broad SMARTS) is 1. The van der Waals surface area contributed by atoms with Crippen LogP contribution in [-0.2, 0) is 11.3 Å². The molecule has 0 radical (unpaired) electrons. The molecule has 0 spiro atoms. The third kappa shape index (κ3) is 2.85. The molecule has 1 aromatic rings. The van der Waals surface area contributed by atoms with Crippen LogP contribution in [0.3, 0.4) is 0 Å². The minimum Gasteiger partial charge on any atom is -0.481 e. The molecule has 0 aliphatic carbocycles. The van der Waals surface area contributed by atoms with Crippen molar-refractivity contribution in [1.82, 2.24) is 14.5 Å². The highest BCUT2D eigenvalue weighted by Gasteiger charge is 2.36. The lowest BCUT2D eigenvalue weighted by Crippen LogP contribution is -2.43. The minimum atomic E-state index is -0.660. The number of aromatic nitrogens is 2. The number of aliphatic carboxylic acids is 1. The van der Waals surface area contributed by atoms with E-state index in [2.05, 4.69) is 9.88 Å². The molecule has 0 bridgehead atoms. The van der Waals surface area contributed by atoms with Crippen molar-refractivity contribution in [2.75, 3.05) is 19.6 Å². The van der Waals surface area contributed by atoms with E-state index in [-0.39, 0.29) is 0 Å². The first-order valence-electron chi connectivity index (χ1n) is 6.02. The zero-order valence-corrected chi connectivity index (χ0v) is 10.2. The average molecular weight is 237 g/mol. The summed E-state index contributed by atoms with van der Waals surface area (Å²) in [6.07, 6.45) is 7.02. The largest absolute Gasteiger partial charge is 0.481 e. The van der Waals surface area contributed by atoms with Gasteiger partial charge >= 0.3 is 5.97 Å². The van der Waals surface area contributed by atoms with Gasteiger partial charge in [0.2, 0.25) is 0 Å². The molecule has 5 nitrogen and oxygen atoms in total. The van der Waals surface area contributed by atoms with Crippen molar-refractivity contribution < 1.29 is 9.90 Å². The van der Waals surface area contributed by atoms with Crippen molar-refractivity contribution in [3.63, 3.8) is 0 Å². The van der Waals surface area contributed by atoms with Gasteiger partial charge in [0.1, 0.15) is 0 Å². The van der Waals surface area contributed by atoms with Crippen LogP contribution in [0.15, 0.2) is 18.7 Å². The Morgan fingerprint density at radius 1 is 1.41 bits per heavy atom. The Balaban J connectivity index is 1.78. The van der Waals surface area contributed by atoms with Gasteiger partial charge in [-0.2, -0.15) is 0 Å². The number of imidazole rings is 1. The fourth-order valence-corrected chi connectivity index (χ4v) is 2.16. The Kier molecular flexibility index (Phi) is 3.47. The molecule has 1 fully saturated rings. The van der Waals surface area contributed by atoms with Crippen LogP contribution in [0.1, 0.15) is 19.8 Å². The number of likely N-dealkylation sites (tertiary alicyclic amines) is 1. The van der Waals surface area contributed by atoms with Crippen molar-refractivity contribution in [3.8, 4) is 0 Å². The molecule has 0 atom stereocenters. The van der Waals surface area contributed by atoms with Crippen molar-refractivity contribution >= 4 is 5.97 Å². The number of carbonyl (C=O) groups is 1. The van der Waals surface area contributed by atoms with Crippen LogP contribution in [0.25, 0.3) is 0 Å². The number of nitrogens with zero attached hydrogens (tertiary/aromatic N) is 3. The second-order valence-corrected chi connectivity index (χ2v) is 5.01. The Hall–Kier alpha value is -1.36. The van der Waals surface area contributed by atoms with Gasteiger partial charge in [-0.25, -0.2) is 4.98 Å². The van der Waals surface area contributed by atoms with Gasteiger partial charge in [-0.05, 0) is 32.9 Å². The lowest BCUT2D eigenvalue weighted by atomic mass is 9.80. The first kappa shape index (κ1) is 12.1. The van der Waals surface area contributed by atoms with Crippen LogP contribution in [0.4, 0.5) is 0 Å². The van der Waals surface area contributed by atoms with Gasteiger partial charge in [0.25, 0.3) is 0 Å². The van der Waals surface area contributed by atoms with Crippen LogP contribution < -0.4 is 0 Å². The summed E-state index contributed by atoms with van der Waals surface area (Å²) in [6, 6.07) is 0. The topological polar surface area (TPSA) is 58.4 Å². The summed E-state index contributed by atoms with van der Waals surface area (Å²) >= 11 is 0. The molecule has 1 saturated heterocycles. The SMILES string of the molecule is CC1(C(=O)O)CCN(CCn2ccnc2)CC1. The van der Waals surface area contributed by atoms with Crippen LogP contribution in [0.2, 0.25) is 0 Å². The maximum Gasteiger partial charge on any atom is 0.309 e. The Morgan fingerprint density at radius 2 is 2.12 bits per heavy atom. The molecule has 1 aromatic heterocycles. The quantitative estimate of drug-likeness (QED) is 0.851. The van der Waals surface area contributed by atoms with Crippen LogP contribution in [0.5, 0.6) is 0 Å². The second kappa shape index (κ2) is 4.87. The standard InChI is InChI=1S/C12H19N3O2/c1-12(11(16)17)2-5-14(6-3-12)8-9-15-7-4-13-10-15/h4,7,10H,2-3,5-6,8-9H2,1H3,(H,16,17). The molecule has 2 rings (SSSR count). The molecule has 0 unspecified atom stereocenters. The van der Waals surface area contributed by atoms with E-state index >= 15 is 0 Å². The Bertz CT molecular complexity index is 367. The zero-order chi connectivity index (χ0) is 12.3. The number of hydrogen-bond acceptors (Lipinski definition) is 3. The van der Waals surface area contributed by atoms with Crippen molar-refractivity contribution in [2.24, 2.45) is 5.41 Å². The first-order chi connectivity index (χ1) is 8.10. The van der Waals surface area contributed by atoms with Crippen LogP contribution in [0, 0.1) is 5.41 Å². The molecule has 1 aliphatic rings. The van der Waals surface area contributed by atoms with Gasteiger partial charge in [0.15, 0.2) is 0 Å². The van der Waals surface area contributed by atoms with Gasteiger partial charge in [-0.3, -0.25) is 4.79 Å². The maximum atomic E-state index is 11.1. The number of carboxylic acids is 1. The molecule has 5 heteroatoms. The van der Waals surface area contributed by atoms with Crippen molar-refractivity contribution in [2.45, 2.75) is 26.3 Å². The number of hydrogen-bond donors (Lipinski definition) is 1. The molecule has 1 N–H and O–H groups in total. The monoisotopic (exact) mass is 237 g/mol. The predicted molar refractivity (Wildman–Crippen MR) is 63.6 cm³/mol. The Morgan fingerprint density at radius 3 is 2.65 bits per heavy atom. The summed E-state index contributed by atoms with van der Waals surface area (Å²) < 4.78 is 2.05. The predicted octanol–water partition coefficient (Wildman–Crippen LogP) is 1.07. The zero-order valence-electron chi connectivity index (χ0n) is 10.2. The Labute approximate surface area is 101 Å². The third-order valence-electron chi connectivity index (χ3n) is 3.71. The van der Waals surface area contributed by atoms with E-state index < -0.39 is 11.4 Å². The highest BCUT2D eigenvalue weighted by molar-refractivity contribution is 5.74. The molecular weight excluding hydrogens is 218 g/mol. The first-order valence-corrected chi connectivity index (χ1v) is 6.02. The highest BCUT2D eigenvalue weighted by atomic mass is 16.4. The van der Waals surface area contributed by atoms with Gasteiger partial charge in [-0.1, -0.05) is 0 Å². The summed E-state index contributed by atoms with van der Waals surface area (Å²) in [5.41, 5.74) is -0.522. The van der Waals surface area contributed by atoms with Crippen LogP contribution in [-0.4, -0.2) is 45.2 Å². The highest BCUT2D eigenvalue weighted by Crippen LogP contribution is 2.30. The lowest BCUT2D eigenvalue weighted by molar-refractivity contribution is -0.150. The molecular formula is C12H19N3O2. The summed E-state index contributed by atoms with van der Waals surface area (Å²) in [5, 5.41) is 9.13. The van der Waals surface area contributed by atoms with E-state index in [1.807, 2.05) is 24.0 Å². The third-order valence-corrected chi connectivity index (χ3v) is 3.71. The summed E-state index contributed by atoms with van der Waals surface area (Å²) in [6.45, 7) is 5.48. The molecule has 0 saturated carbocycles.